The van der Waals surface area contributed by atoms with Crippen LogP contribution in [0, 0.1) is 5.92 Å². The quantitative estimate of drug-likeness (QED) is 0.499. The second-order valence-electron chi connectivity index (χ2n) is 8.14. The van der Waals surface area contributed by atoms with Gasteiger partial charge in [0, 0.05) is 12.0 Å². The molecule has 5 nitrogen and oxygen atoms in total. The average molecular weight is 350 g/mol. The van der Waals surface area contributed by atoms with E-state index in [-0.39, 0.29) is 18.3 Å². The first-order valence-electron chi connectivity index (χ1n) is 8.89. The number of carbonyl (C=O) groups excluding carboxylic acids is 1. The highest BCUT2D eigenvalue weighted by Gasteiger charge is 2.34. The van der Waals surface area contributed by atoms with Crippen molar-refractivity contribution in [3.8, 4) is 0 Å². The van der Waals surface area contributed by atoms with Crippen LogP contribution in [0.2, 0.25) is 0 Å². The first-order valence-corrected chi connectivity index (χ1v) is 8.89. The van der Waals surface area contributed by atoms with Crippen LogP contribution in [0.15, 0.2) is 36.0 Å². The molecular weight excluding hydrogens is 320 g/mol. The molecule has 0 aromatic heterocycles. The number of hydrogen-bond acceptors (Lipinski definition) is 5. The molecule has 0 unspecified atom stereocenters. The predicted octanol–water partition coefficient (Wildman–Crippen LogP) is 2.41. The van der Waals surface area contributed by atoms with Crippen LogP contribution in [-0.4, -0.2) is 44.2 Å². The van der Waals surface area contributed by atoms with E-state index in [1.165, 1.54) is 0 Å². The summed E-state index contributed by atoms with van der Waals surface area (Å²) in [6.07, 6.45) is 9.14. The normalized spacial score (nSPS) is 42.5. The fourth-order valence-corrected chi connectivity index (χ4v) is 3.14. The Kier molecular flexibility index (Phi) is 5.62. The highest BCUT2D eigenvalue weighted by atomic mass is 16.5. The zero-order chi connectivity index (χ0) is 18.9. The Morgan fingerprint density at radius 2 is 1.80 bits per heavy atom. The van der Waals surface area contributed by atoms with Gasteiger partial charge < -0.3 is 20.1 Å². The summed E-state index contributed by atoms with van der Waals surface area (Å²) in [7, 11) is 0. The minimum absolute atomic E-state index is 0.0717. The summed E-state index contributed by atoms with van der Waals surface area (Å²) in [5, 5.41) is 31.9. The molecule has 1 aliphatic carbocycles. The monoisotopic (exact) mass is 350 g/mol. The maximum absolute atomic E-state index is 12.1. The van der Waals surface area contributed by atoms with Crippen LogP contribution in [0.1, 0.15) is 53.4 Å². The number of aliphatic hydroxyl groups is 3. The molecule has 140 valence electrons. The van der Waals surface area contributed by atoms with Gasteiger partial charge in [-0.05, 0) is 45.1 Å². The minimum atomic E-state index is -1.14. The number of hydrogen-bond donors (Lipinski definition) is 3. The Hall–Kier alpha value is -1.43. The summed E-state index contributed by atoms with van der Waals surface area (Å²) < 4.78 is 5.33. The highest BCUT2D eigenvalue weighted by molar-refractivity contribution is 5.90. The summed E-state index contributed by atoms with van der Waals surface area (Å²) in [6, 6.07) is 0. The van der Waals surface area contributed by atoms with E-state index in [0.717, 1.165) is 0 Å². The largest absolute Gasteiger partial charge is 0.455 e. The minimum Gasteiger partial charge on any atom is -0.455 e. The molecule has 0 spiro atoms. The van der Waals surface area contributed by atoms with E-state index in [1.54, 1.807) is 44.2 Å². The summed E-state index contributed by atoms with van der Waals surface area (Å²) in [4.78, 5) is 12.1. The Morgan fingerprint density at radius 1 is 1.12 bits per heavy atom. The van der Waals surface area contributed by atoms with Crippen LogP contribution in [0.25, 0.3) is 0 Å². The maximum Gasteiger partial charge on any atom is 0.334 e. The molecule has 2 bridgehead atoms. The van der Waals surface area contributed by atoms with E-state index in [2.05, 4.69) is 0 Å². The zero-order valence-electron chi connectivity index (χ0n) is 15.5. The van der Waals surface area contributed by atoms with Gasteiger partial charge in [0.15, 0.2) is 0 Å². The zero-order valence-corrected chi connectivity index (χ0v) is 15.5. The second-order valence-corrected chi connectivity index (χ2v) is 8.14. The molecule has 0 radical (unpaired) electrons. The molecule has 5 heteroatoms. The highest BCUT2D eigenvalue weighted by Crippen LogP contribution is 2.32. The SMILES string of the molecule is CC(C)[C@]1(O)/C=C/[C@](C)(O)C/C=C/[C@](C)(O)C[C@@H]2C=C(CC1)C(=O)O2. The van der Waals surface area contributed by atoms with E-state index >= 15 is 0 Å². The Balaban J connectivity index is 2.35. The van der Waals surface area contributed by atoms with E-state index in [4.69, 9.17) is 4.74 Å². The van der Waals surface area contributed by atoms with Crippen molar-refractivity contribution in [1.29, 1.82) is 0 Å². The summed E-state index contributed by atoms with van der Waals surface area (Å²) in [6.45, 7) is 7.12. The average Bonchev–Trinajstić information content (AvgIpc) is 2.80. The molecule has 3 N–H and O–H groups in total. The maximum atomic E-state index is 12.1. The van der Waals surface area contributed by atoms with Gasteiger partial charge in [-0.25, -0.2) is 4.79 Å². The molecule has 0 amide bonds. The third-order valence-electron chi connectivity index (χ3n) is 5.06. The molecule has 0 fully saturated rings. The fraction of sp³-hybridized carbons (Fsp3) is 0.650. The van der Waals surface area contributed by atoms with Crippen LogP contribution in [0.3, 0.4) is 0 Å². The third kappa shape index (κ3) is 5.27. The van der Waals surface area contributed by atoms with Crippen LogP contribution < -0.4 is 0 Å². The van der Waals surface area contributed by atoms with Gasteiger partial charge in [0.05, 0.1) is 16.8 Å². The summed E-state index contributed by atoms with van der Waals surface area (Å²) in [5.41, 5.74) is -2.87. The standard InChI is InChI=1S/C20H30O5/c1-14(2)20(24)9-6-15-12-16(25-17(15)21)13-19(4,23)8-5-7-18(3,22)10-11-20/h5,8,10-12,14,16,22-24H,6-7,9,13H2,1-4H3/b8-5+,11-10+/t16-,18+,19-,20+/m0/s1. The lowest BCUT2D eigenvalue weighted by Crippen LogP contribution is -2.34. The molecule has 2 aliphatic rings. The molecule has 0 saturated heterocycles. The van der Waals surface area contributed by atoms with E-state index in [9.17, 15) is 20.1 Å². The molecule has 0 saturated carbocycles. The number of carbonyl (C=O) groups is 1. The van der Waals surface area contributed by atoms with E-state index < -0.39 is 22.9 Å². The lowest BCUT2D eigenvalue weighted by Gasteiger charge is -2.30. The third-order valence-corrected chi connectivity index (χ3v) is 5.06. The summed E-state index contributed by atoms with van der Waals surface area (Å²) >= 11 is 0. The second kappa shape index (κ2) is 7.06. The van der Waals surface area contributed by atoms with Crippen molar-refractivity contribution >= 4 is 5.97 Å². The van der Waals surface area contributed by atoms with E-state index in [0.29, 0.717) is 24.8 Å². The molecule has 1 aliphatic heterocycles. The Bertz CT molecular complexity index is 597. The molecule has 25 heavy (non-hydrogen) atoms. The lowest BCUT2D eigenvalue weighted by molar-refractivity contribution is -0.141. The molecule has 2 rings (SSSR count). The van der Waals surface area contributed by atoms with E-state index in [1.807, 2.05) is 13.8 Å². The van der Waals surface area contributed by atoms with Crippen molar-refractivity contribution in [2.75, 3.05) is 0 Å². The first kappa shape index (κ1) is 19.9. The van der Waals surface area contributed by atoms with Gasteiger partial charge in [0.2, 0.25) is 0 Å². The van der Waals surface area contributed by atoms with Crippen molar-refractivity contribution in [2.45, 2.75) is 76.3 Å². The fourth-order valence-electron chi connectivity index (χ4n) is 3.14. The summed E-state index contributed by atoms with van der Waals surface area (Å²) in [5.74, 6) is -0.459. The van der Waals surface area contributed by atoms with Gasteiger partial charge >= 0.3 is 5.97 Å². The number of esters is 1. The Morgan fingerprint density at radius 3 is 2.44 bits per heavy atom. The molecular formula is C20H30O5. The van der Waals surface area contributed by atoms with Crippen molar-refractivity contribution in [1.82, 2.24) is 0 Å². The van der Waals surface area contributed by atoms with Crippen LogP contribution in [-0.2, 0) is 9.53 Å². The van der Waals surface area contributed by atoms with Crippen molar-refractivity contribution in [3.63, 3.8) is 0 Å². The van der Waals surface area contributed by atoms with Crippen LogP contribution >= 0.6 is 0 Å². The van der Waals surface area contributed by atoms with Crippen molar-refractivity contribution in [2.24, 2.45) is 5.92 Å². The van der Waals surface area contributed by atoms with Crippen LogP contribution in [0.5, 0.6) is 0 Å². The molecule has 1 heterocycles. The van der Waals surface area contributed by atoms with Crippen LogP contribution in [0.4, 0.5) is 0 Å². The smallest absolute Gasteiger partial charge is 0.334 e. The molecule has 0 aromatic rings. The lowest BCUT2D eigenvalue weighted by atomic mass is 9.82. The van der Waals surface area contributed by atoms with Gasteiger partial charge in [-0.1, -0.05) is 38.2 Å². The van der Waals surface area contributed by atoms with Crippen molar-refractivity contribution < 1.29 is 24.9 Å². The number of fused-ring (bicyclic) bond motifs is 1. The first-order chi connectivity index (χ1) is 11.4. The topological polar surface area (TPSA) is 87.0 Å². The molecule has 4 atom stereocenters. The predicted molar refractivity (Wildman–Crippen MR) is 95.7 cm³/mol. The van der Waals surface area contributed by atoms with Gasteiger partial charge in [0.25, 0.3) is 0 Å². The van der Waals surface area contributed by atoms with Gasteiger partial charge in [-0.2, -0.15) is 0 Å². The number of ether oxygens (including phenoxy) is 1. The molecule has 0 aromatic carbocycles. The van der Waals surface area contributed by atoms with Gasteiger partial charge in [-0.3, -0.25) is 0 Å². The van der Waals surface area contributed by atoms with Crippen molar-refractivity contribution in [3.05, 3.63) is 36.0 Å². The van der Waals surface area contributed by atoms with Gasteiger partial charge in [-0.15, -0.1) is 0 Å². The number of rotatable bonds is 1. The Labute approximate surface area is 149 Å². The van der Waals surface area contributed by atoms with Gasteiger partial charge in [0.1, 0.15) is 6.10 Å².